The highest BCUT2D eigenvalue weighted by Gasteiger charge is 2.18. The Morgan fingerprint density at radius 3 is 2.80 bits per heavy atom. The number of rotatable bonds is 3. The van der Waals surface area contributed by atoms with Gasteiger partial charge in [0.1, 0.15) is 11.0 Å². The van der Waals surface area contributed by atoms with Gasteiger partial charge in [-0.15, -0.1) is 0 Å². The average Bonchev–Trinajstić information content (AvgIpc) is 2.35. The van der Waals surface area contributed by atoms with Crippen LogP contribution in [-0.2, 0) is 6.54 Å². The maximum Gasteiger partial charge on any atom is 0.305 e. The number of halogens is 2. The fourth-order valence-electron chi connectivity index (χ4n) is 1.78. The first-order valence-corrected chi connectivity index (χ1v) is 5.93. The van der Waals surface area contributed by atoms with E-state index in [0.717, 1.165) is 12.1 Å². The van der Waals surface area contributed by atoms with Crippen LogP contribution in [0.3, 0.4) is 0 Å². The summed E-state index contributed by atoms with van der Waals surface area (Å²) in [6.07, 6.45) is 0. The molecule has 0 saturated carbocycles. The Morgan fingerprint density at radius 1 is 1.50 bits per heavy atom. The van der Waals surface area contributed by atoms with Crippen LogP contribution >= 0.6 is 11.6 Å². The third-order valence-electron chi connectivity index (χ3n) is 2.75. The first-order valence-electron chi connectivity index (χ1n) is 5.56. The topological polar surface area (TPSA) is 78.0 Å². The molecule has 1 aromatic heterocycles. The number of hydrogen-bond donors (Lipinski definition) is 0. The van der Waals surface area contributed by atoms with E-state index in [-0.39, 0.29) is 17.3 Å². The van der Waals surface area contributed by atoms with E-state index >= 15 is 0 Å². The summed E-state index contributed by atoms with van der Waals surface area (Å²) in [6.45, 7) is 1.39. The number of aromatic nitrogens is 2. The Balaban J connectivity index is 2.49. The Morgan fingerprint density at radius 2 is 2.20 bits per heavy atom. The fraction of sp³-hybridized carbons (Fsp3) is 0.167. The molecule has 104 valence electrons. The van der Waals surface area contributed by atoms with Crippen molar-refractivity contribution in [3.63, 3.8) is 0 Å². The number of nitro benzene ring substituents is 1. The lowest BCUT2D eigenvalue weighted by atomic mass is 10.2. The summed E-state index contributed by atoms with van der Waals surface area (Å²) in [6, 6.07) is 4.90. The zero-order valence-corrected chi connectivity index (χ0v) is 11.1. The Hall–Kier alpha value is -2.28. The minimum absolute atomic E-state index is 0.0357. The normalized spacial score (nSPS) is 10.6. The number of aryl methyl sites for hydroxylation is 1. The molecule has 6 nitrogen and oxygen atoms in total. The summed E-state index contributed by atoms with van der Waals surface area (Å²) < 4.78 is 15.1. The van der Waals surface area contributed by atoms with Crippen LogP contribution in [0.15, 0.2) is 29.1 Å². The van der Waals surface area contributed by atoms with Crippen LogP contribution in [0, 0.1) is 22.9 Å². The van der Waals surface area contributed by atoms with Gasteiger partial charge in [0.25, 0.3) is 5.56 Å². The van der Waals surface area contributed by atoms with E-state index < -0.39 is 22.0 Å². The highest BCUT2D eigenvalue weighted by molar-refractivity contribution is 6.29. The largest absolute Gasteiger partial charge is 0.305 e. The number of benzene rings is 1. The number of hydrogen-bond acceptors (Lipinski definition) is 4. The van der Waals surface area contributed by atoms with E-state index in [1.807, 2.05) is 0 Å². The van der Waals surface area contributed by atoms with Crippen LogP contribution in [0.5, 0.6) is 0 Å². The minimum atomic E-state index is -0.959. The van der Waals surface area contributed by atoms with Crippen molar-refractivity contribution in [2.75, 3.05) is 0 Å². The van der Waals surface area contributed by atoms with Gasteiger partial charge < -0.3 is 0 Å². The standard InChI is InChI=1S/C12H9ClFN3O3/c1-7-15-10(13)5-11(18)16(7)6-8-3-2-4-9(12(8)14)17(19)20/h2-5H,6H2,1H3. The summed E-state index contributed by atoms with van der Waals surface area (Å²) in [7, 11) is 0. The summed E-state index contributed by atoms with van der Waals surface area (Å²) in [4.78, 5) is 25.5. The molecule has 0 unspecified atom stereocenters. The molecule has 1 heterocycles. The summed E-state index contributed by atoms with van der Waals surface area (Å²) in [5, 5.41) is 10.7. The maximum absolute atomic E-state index is 13.9. The molecule has 0 aliphatic carbocycles. The van der Waals surface area contributed by atoms with Crippen LogP contribution in [0.4, 0.5) is 10.1 Å². The van der Waals surface area contributed by atoms with Crippen molar-refractivity contribution in [3.05, 3.63) is 67.1 Å². The zero-order chi connectivity index (χ0) is 14.9. The van der Waals surface area contributed by atoms with Gasteiger partial charge in [-0.3, -0.25) is 19.5 Å². The monoisotopic (exact) mass is 297 g/mol. The lowest BCUT2D eigenvalue weighted by Gasteiger charge is -2.09. The first kappa shape index (κ1) is 14.1. The van der Waals surface area contributed by atoms with E-state index in [1.165, 1.54) is 16.7 Å². The second kappa shape index (κ2) is 5.38. The number of nitro groups is 1. The van der Waals surface area contributed by atoms with E-state index in [1.54, 1.807) is 6.92 Å². The van der Waals surface area contributed by atoms with Crippen molar-refractivity contribution in [2.45, 2.75) is 13.5 Å². The third-order valence-corrected chi connectivity index (χ3v) is 2.94. The van der Waals surface area contributed by atoms with Gasteiger partial charge in [-0.05, 0) is 6.92 Å². The molecule has 2 aromatic rings. The van der Waals surface area contributed by atoms with Crippen LogP contribution in [0.1, 0.15) is 11.4 Å². The van der Waals surface area contributed by atoms with Gasteiger partial charge in [0.15, 0.2) is 0 Å². The van der Waals surface area contributed by atoms with Crippen LogP contribution < -0.4 is 5.56 Å². The number of nitrogens with zero attached hydrogens (tertiary/aromatic N) is 3. The molecule has 0 aliphatic heterocycles. The zero-order valence-electron chi connectivity index (χ0n) is 10.3. The Kier molecular flexibility index (Phi) is 3.80. The first-order chi connectivity index (χ1) is 9.40. The molecular formula is C12H9ClFN3O3. The van der Waals surface area contributed by atoms with Crippen molar-refractivity contribution in [1.29, 1.82) is 0 Å². The van der Waals surface area contributed by atoms with Gasteiger partial charge >= 0.3 is 5.69 Å². The lowest BCUT2D eigenvalue weighted by molar-refractivity contribution is -0.387. The maximum atomic E-state index is 13.9. The van der Waals surface area contributed by atoms with Gasteiger partial charge in [0, 0.05) is 17.7 Å². The second-order valence-corrected chi connectivity index (χ2v) is 4.45. The minimum Gasteiger partial charge on any atom is -0.292 e. The molecule has 0 fully saturated rings. The Bertz CT molecular complexity index is 745. The molecule has 20 heavy (non-hydrogen) atoms. The van der Waals surface area contributed by atoms with Crippen molar-refractivity contribution in [2.24, 2.45) is 0 Å². The van der Waals surface area contributed by atoms with Crippen molar-refractivity contribution < 1.29 is 9.31 Å². The molecule has 0 bridgehead atoms. The predicted molar refractivity (Wildman–Crippen MR) is 70.4 cm³/mol. The molecular weight excluding hydrogens is 289 g/mol. The molecule has 0 atom stereocenters. The molecule has 0 saturated heterocycles. The van der Waals surface area contributed by atoms with E-state index in [0.29, 0.717) is 5.82 Å². The summed E-state index contributed by atoms with van der Waals surface area (Å²) in [5.41, 5.74) is -1.04. The molecule has 0 spiro atoms. The van der Waals surface area contributed by atoms with Crippen molar-refractivity contribution in [3.8, 4) is 0 Å². The highest BCUT2D eigenvalue weighted by atomic mass is 35.5. The smallest absolute Gasteiger partial charge is 0.292 e. The van der Waals surface area contributed by atoms with Crippen molar-refractivity contribution in [1.82, 2.24) is 9.55 Å². The fourth-order valence-corrected chi connectivity index (χ4v) is 1.99. The van der Waals surface area contributed by atoms with Crippen LogP contribution in [0.25, 0.3) is 0 Å². The molecule has 8 heteroatoms. The van der Waals surface area contributed by atoms with Gasteiger partial charge in [0.05, 0.1) is 11.5 Å². The highest BCUT2D eigenvalue weighted by Crippen LogP contribution is 2.20. The Labute approximate surface area is 117 Å². The third kappa shape index (κ3) is 2.67. The van der Waals surface area contributed by atoms with Gasteiger partial charge in [0.2, 0.25) is 5.82 Å². The molecule has 0 amide bonds. The lowest BCUT2D eigenvalue weighted by Crippen LogP contribution is -2.24. The summed E-state index contributed by atoms with van der Waals surface area (Å²) in [5.74, 6) is -0.660. The molecule has 0 N–H and O–H groups in total. The van der Waals surface area contributed by atoms with E-state index in [2.05, 4.69) is 4.98 Å². The van der Waals surface area contributed by atoms with Gasteiger partial charge in [-0.25, -0.2) is 4.98 Å². The summed E-state index contributed by atoms with van der Waals surface area (Å²) >= 11 is 5.64. The SMILES string of the molecule is Cc1nc(Cl)cc(=O)n1Cc1cccc([N+](=O)[O-])c1F. The van der Waals surface area contributed by atoms with Gasteiger partial charge in [-0.2, -0.15) is 4.39 Å². The van der Waals surface area contributed by atoms with Crippen LogP contribution in [0.2, 0.25) is 5.15 Å². The van der Waals surface area contributed by atoms with E-state index in [4.69, 9.17) is 11.6 Å². The van der Waals surface area contributed by atoms with Gasteiger partial charge in [-0.1, -0.05) is 23.7 Å². The average molecular weight is 298 g/mol. The molecule has 2 rings (SSSR count). The molecule has 1 aromatic carbocycles. The molecule has 0 radical (unpaired) electrons. The van der Waals surface area contributed by atoms with Crippen LogP contribution in [-0.4, -0.2) is 14.5 Å². The van der Waals surface area contributed by atoms with E-state index in [9.17, 15) is 19.3 Å². The predicted octanol–water partition coefficient (Wildman–Crippen LogP) is 2.30. The second-order valence-electron chi connectivity index (χ2n) is 4.06. The van der Waals surface area contributed by atoms with Crippen molar-refractivity contribution >= 4 is 17.3 Å². The molecule has 0 aliphatic rings. The quantitative estimate of drug-likeness (QED) is 0.495.